The minimum Gasteiger partial charge on any atom is -0.493 e. The molecule has 0 atom stereocenters. The van der Waals surface area contributed by atoms with Crippen LogP contribution in [0, 0.1) is 13.8 Å². The van der Waals surface area contributed by atoms with Gasteiger partial charge in [0.05, 0.1) is 36.5 Å². The standard InChI is InChI=1S/C25H32N4O2/c1-5-31-23-12-11-21(17-24(23)30-4)18-27-13-15-28(16-14-27)25-19(2)26-29(20(25)3)22-9-7-6-8-10-22/h6-12,17H,5,13-16,18H2,1-4H3. The molecule has 0 saturated carbocycles. The summed E-state index contributed by atoms with van der Waals surface area (Å²) >= 11 is 0. The van der Waals surface area contributed by atoms with E-state index in [0.717, 1.165) is 55.6 Å². The number of anilines is 1. The lowest BCUT2D eigenvalue weighted by atomic mass is 10.1. The van der Waals surface area contributed by atoms with E-state index in [2.05, 4.69) is 64.7 Å². The van der Waals surface area contributed by atoms with Crippen molar-refractivity contribution in [3.8, 4) is 17.2 Å². The van der Waals surface area contributed by atoms with Crippen LogP contribution in [-0.2, 0) is 6.54 Å². The van der Waals surface area contributed by atoms with Crippen molar-refractivity contribution in [1.82, 2.24) is 14.7 Å². The molecule has 1 saturated heterocycles. The van der Waals surface area contributed by atoms with Gasteiger partial charge in [0.1, 0.15) is 0 Å². The Morgan fingerprint density at radius 1 is 0.935 bits per heavy atom. The molecule has 6 heteroatoms. The Morgan fingerprint density at radius 3 is 2.35 bits per heavy atom. The molecule has 0 bridgehead atoms. The van der Waals surface area contributed by atoms with Crippen LogP contribution >= 0.6 is 0 Å². The maximum Gasteiger partial charge on any atom is 0.161 e. The van der Waals surface area contributed by atoms with Crippen molar-refractivity contribution in [1.29, 1.82) is 0 Å². The van der Waals surface area contributed by atoms with Crippen LogP contribution in [0.4, 0.5) is 5.69 Å². The quantitative estimate of drug-likeness (QED) is 0.573. The molecule has 0 unspecified atom stereocenters. The zero-order valence-electron chi connectivity index (χ0n) is 19.0. The fourth-order valence-electron chi connectivity index (χ4n) is 4.39. The second kappa shape index (κ2) is 9.43. The van der Waals surface area contributed by atoms with Gasteiger partial charge in [-0.1, -0.05) is 24.3 Å². The van der Waals surface area contributed by atoms with E-state index in [-0.39, 0.29) is 0 Å². The molecule has 0 N–H and O–H groups in total. The smallest absolute Gasteiger partial charge is 0.161 e. The highest BCUT2D eigenvalue weighted by Crippen LogP contribution is 2.30. The lowest BCUT2D eigenvalue weighted by molar-refractivity contribution is 0.249. The van der Waals surface area contributed by atoms with E-state index in [9.17, 15) is 0 Å². The number of aryl methyl sites for hydroxylation is 1. The maximum absolute atomic E-state index is 5.64. The summed E-state index contributed by atoms with van der Waals surface area (Å²) in [6.45, 7) is 11.8. The lowest BCUT2D eigenvalue weighted by Crippen LogP contribution is -2.46. The molecule has 1 fully saturated rings. The topological polar surface area (TPSA) is 42.8 Å². The fourth-order valence-corrected chi connectivity index (χ4v) is 4.39. The largest absolute Gasteiger partial charge is 0.493 e. The van der Waals surface area contributed by atoms with E-state index in [1.807, 2.05) is 19.1 Å². The van der Waals surface area contributed by atoms with Crippen LogP contribution in [0.15, 0.2) is 48.5 Å². The van der Waals surface area contributed by atoms with Gasteiger partial charge in [-0.05, 0) is 50.6 Å². The van der Waals surface area contributed by atoms with Gasteiger partial charge in [0, 0.05) is 32.7 Å². The van der Waals surface area contributed by atoms with Crippen molar-refractivity contribution in [2.45, 2.75) is 27.3 Å². The van der Waals surface area contributed by atoms with Gasteiger partial charge in [0.25, 0.3) is 0 Å². The first-order valence-electron chi connectivity index (χ1n) is 11.0. The SMILES string of the molecule is CCOc1ccc(CN2CCN(c3c(C)nn(-c4ccccc4)c3C)CC2)cc1OC. The first-order chi connectivity index (χ1) is 15.1. The minimum atomic E-state index is 0.636. The molecule has 164 valence electrons. The van der Waals surface area contributed by atoms with Gasteiger partial charge in [0.2, 0.25) is 0 Å². The molecule has 2 aromatic carbocycles. The van der Waals surface area contributed by atoms with Crippen LogP contribution in [0.5, 0.6) is 11.5 Å². The minimum absolute atomic E-state index is 0.636. The molecule has 0 spiro atoms. The van der Waals surface area contributed by atoms with Gasteiger partial charge in [-0.15, -0.1) is 0 Å². The molecule has 4 rings (SSSR count). The summed E-state index contributed by atoms with van der Waals surface area (Å²) in [4.78, 5) is 4.98. The average Bonchev–Trinajstić information content (AvgIpc) is 3.10. The van der Waals surface area contributed by atoms with Crippen molar-refractivity contribution >= 4 is 5.69 Å². The molecule has 3 aromatic rings. The monoisotopic (exact) mass is 420 g/mol. The fraction of sp³-hybridized carbons (Fsp3) is 0.400. The van der Waals surface area contributed by atoms with Crippen LogP contribution in [0.2, 0.25) is 0 Å². The predicted molar refractivity (Wildman–Crippen MR) is 125 cm³/mol. The van der Waals surface area contributed by atoms with Crippen molar-refractivity contribution in [2.75, 3.05) is 44.8 Å². The van der Waals surface area contributed by atoms with Crippen LogP contribution in [0.3, 0.4) is 0 Å². The Labute approximate surface area is 185 Å². The summed E-state index contributed by atoms with van der Waals surface area (Å²) < 4.78 is 13.2. The van der Waals surface area contributed by atoms with Crippen LogP contribution < -0.4 is 14.4 Å². The Morgan fingerprint density at radius 2 is 1.68 bits per heavy atom. The number of hydrogen-bond acceptors (Lipinski definition) is 5. The number of rotatable bonds is 7. The number of hydrogen-bond donors (Lipinski definition) is 0. The Kier molecular flexibility index (Phi) is 6.47. The number of ether oxygens (including phenoxy) is 2. The summed E-state index contributed by atoms with van der Waals surface area (Å²) in [6, 6.07) is 16.6. The highest BCUT2D eigenvalue weighted by molar-refractivity contribution is 5.57. The van der Waals surface area contributed by atoms with Crippen molar-refractivity contribution in [2.24, 2.45) is 0 Å². The summed E-state index contributed by atoms with van der Waals surface area (Å²) in [5.74, 6) is 1.61. The zero-order valence-corrected chi connectivity index (χ0v) is 19.0. The molecule has 1 aromatic heterocycles. The second-order valence-corrected chi connectivity index (χ2v) is 7.95. The van der Waals surface area contributed by atoms with E-state index in [0.29, 0.717) is 6.61 Å². The van der Waals surface area contributed by atoms with E-state index in [4.69, 9.17) is 14.6 Å². The molecular formula is C25H32N4O2. The number of para-hydroxylation sites is 1. The lowest BCUT2D eigenvalue weighted by Gasteiger charge is -2.36. The highest BCUT2D eigenvalue weighted by Gasteiger charge is 2.23. The maximum atomic E-state index is 5.64. The molecule has 0 amide bonds. The Bertz CT molecular complexity index is 1010. The normalized spacial score (nSPS) is 14.6. The second-order valence-electron chi connectivity index (χ2n) is 7.95. The molecule has 6 nitrogen and oxygen atoms in total. The van der Waals surface area contributed by atoms with Gasteiger partial charge in [0.15, 0.2) is 11.5 Å². The van der Waals surface area contributed by atoms with Gasteiger partial charge < -0.3 is 14.4 Å². The summed E-state index contributed by atoms with van der Waals surface area (Å²) in [5.41, 5.74) is 5.92. The summed E-state index contributed by atoms with van der Waals surface area (Å²) in [5, 5.41) is 4.82. The van der Waals surface area contributed by atoms with Gasteiger partial charge in [-0.2, -0.15) is 5.10 Å². The van der Waals surface area contributed by atoms with Gasteiger partial charge >= 0.3 is 0 Å². The van der Waals surface area contributed by atoms with Gasteiger partial charge in [-0.25, -0.2) is 4.68 Å². The first kappa shape index (κ1) is 21.2. The molecule has 1 aliphatic heterocycles. The molecule has 2 heterocycles. The third-order valence-electron chi connectivity index (χ3n) is 5.88. The van der Waals surface area contributed by atoms with E-state index in [1.165, 1.54) is 16.9 Å². The van der Waals surface area contributed by atoms with E-state index >= 15 is 0 Å². The average molecular weight is 421 g/mol. The number of benzene rings is 2. The molecule has 1 aliphatic rings. The third-order valence-corrected chi connectivity index (χ3v) is 5.88. The number of piperazine rings is 1. The molecular weight excluding hydrogens is 388 g/mol. The van der Waals surface area contributed by atoms with E-state index in [1.54, 1.807) is 7.11 Å². The van der Waals surface area contributed by atoms with Crippen LogP contribution in [-0.4, -0.2) is 54.6 Å². The highest BCUT2D eigenvalue weighted by atomic mass is 16.5. The molecule has 0 aliphatic carbocycles. The predicted octanol–water partition coefficient (Wildman–Crippen LogP) is 4.22. The van der Waals surface area contributed by atoms with Crippen molar-refractivity contribution in [3.05, 3.63) is 65.5 Å². The first-order valence-corrected chi connectivity index (χ1v) is 11.0. The van der Waals surface area contributed by atoms with E-state index < -0.39 is 0 Å². The Hall–Kier alpha value is -2.99. The number of methoxy groups -OCH3 is 1. The summed E-state index contributed by atoms with van der Waals surface area (Å²) in [6.07, 6.45) is 0. The number of nitrogens with zero attached hydrogens (tertiary/aromatic N) is 4. The number of aromatic nitrogens is 2. The molecule has 0 radical (unpaired) electrons. The van der Waals surface area contributed by atoms with Crippen molar-refractivity contribution in [3.63, 3.8) is 0 Å². The third kappa shape index (κ3) is 4.54. The summed E-state index contributed by atoms with van der Waals surface area (Å²) in [7, 11) is 1.70. The molecule has 31 heavy (non-hydrogen) atoms. The van der Waals surface area contributed by atoms with Gasteiger partial charge in [-0.3, -0.25) is 4.90 Å². The van der Waals surface area contributed by atoms with Crippen LogP contribution in [0.25, 0.3) is 5.69 Å². The van der Waals surface area contributed by atoms with Crippen molar-refractivity contribution < 1.29 is 9.47 Å². The van der Waals surface area contributed by atoms with Crippen LogP contribution in [0.1, 0.15) is 23.9 Å². The zero-order chi connectivity index (χ0) is 21.8. The Balaban J connectivity index is 1.42.